The van der Waals surface area contributed by atoms with Crippen LogP contribution in [0.25, 0.3) is 0 Å². The Morgan fingerprint density at radius 1 is 1.07 bits per heavy atom. The highest BCUT2D eigenvalue weighted by Crippen LogP contribution is 2.43. The summed E-state index contributed by atoms with van der Waals surface area (Å²) in [4.78, 5) is 0. The molecule has 0 radical (unpaired) electrons. The normalized spacial score (nSPS) is 16.9. The van der Waals surface area contributed by atoms with Crippen molar-refractivity contribution in [3.8, 4) is 11.5 Å². The number of aliphatic hydroxyl groups excluding tert-OH is 1. The fraction of sp³-hybridized carbons (Fsp3) is 0.500. The molecule has 0 bridgehead atoms. The van der Waals surface area contributed by atoms with Crippen molar-refractivity contribution in [2.24, 2.45) is 0 Å². The maximum atomic E-state index is 9.42. The van der Waals surface area contributed by atoms with Gasteiger partial charge in [0.25, 0.3) is 0 Å². The van der Waals surface area contributed by atoms with Gasteiger partial charge in [0.15, 0.2) is 0 Å². The standard InChI is InChI=1S/C12H14O3/c1-7-8-2-4-15-12(8)10(6-13)9-3-5-14-11(7)9/h13H,2-6H2,1H3. The van der Waals surface area contributed by atoms with Gasteiger partial charge in [-0.2, -0.15) is 0 Å². The zero-order chi connectivity index (χ0) is 10.4. The number of benzene rings is 1. The molecule has 1 aromatic carbocycles. The first kappa shape index (κ1) is 9.04. The van der Waals surface area contributed by atoms with Crippen LogP contribution in [0.15, 0.2) is 0 Å². The zero-order valence-electron chi connectivity index (χ0n) is 8.80. The third kappa shape index (κ3) is 1.10. The number of fused-ring (bicyclic) bond motifs is 2. The lowest BCUT2D eigenvalue weighted by atomic mass is 9.95. The minimum atomic E-state index is 0.0499. The Kier molecular flexibility index (Phi) is 1.89. The van der Waals surface area contributed by atoms with E-state index in [1.807, 2.05) is 0 Å². The minimum absolute atomic E-state index is 0.0499. The van der Waals surface area contributed by atoms with Crippen molar-refractivity contribution in [1.82, 2.24) is 0 Å². The van der Waals surface area contributed by atoms with Gasteiger partial charge in [0.1, 0.15) is 11.5 Å². The molecule has 80 valence electrons. The third-order valence-corrected chi connectivity index (χ3v) is 3.33. The third-order valence-electron chi connectivity index (χ3n) is 3.33. The summed E-state index contributed by atoms with van der Waals surface area (Å²) in [6, 6.07) is 0. The van der Waals surface area contributed by atoms with Crippen molar-refractivity contribution in [3.63, 3.8) is 0 Å². The summed E-state index contributed by atoms with van der Waals surface area (Å²) in [6.07, 6.45) is 1.83. The van der Waals surface area contributed by atoms with Crippen LogP contribution in [0, 0.1) is 6.92 Å². The number of ether oxygens (including phenoxy) is 2. The van der Waals surface area contributed by atoms with Crippen LogP contribution < -0.4 is 9.47 Å². The quantitative estimate of drug-likeness (QED) is 0.754. The van der Waals surface area contributed by atoms with E-state index in [-0.39, 0.29) is 6.61 Å². The van der Waals surface area contributed by atoms with Crippen LogP contribution >= 0.6 is 0 Å². The second kappa shape index (κ2) is 3.14. The molecular formula is C12H14O3. The Hall–Kier alpha value is -1.22. The molecule has 0 spiro atoms. The molecule has 0 unspecified atom stereocenters. The van der Waals surface area contributed by atoms with E-state index in [4.69, 9.17) is 9.47 Å². The molecule has 1 aromatic rings. The van der Waals surface area contributed by atoms with Gasteiger partial charge < -0.3 is 14.6 Å². The monoisotopic (exact) mass is 206 g/mol. The highest BCUT2D eigenvalue weighted by atomic mass is 16.5. The van der Waals surface area contributed by atoms with Crippen molar-refractivity contribution in [2.75, 3.05) is 13.2 Å². The van der Waals surface area contributed by atoms with Gasteiger partial charge in [0.2, 0.25) is 0 Å². The Bertz CT molecular complexity index is 388. The molecule has 0 amide bonds. The first-order valence-corrected chi connectivity index (χ1v) is 5.36. The summed E-state index contributed by atoms with van der Waals surface area (Å²) in [7, 11) is 0. The van der Waals surface area contributed by atoms with E-state index in [0.29, 0.717) is 0 Å². The van der Waals surface area contributed by atoms with Crippen LogP contribution in [0.2, 0.25) is 0 Å². The maximum Gasteiger partial charge on any atom is 0.128 e. The van der Waals surface area contributed by atoms with Gasteiger partial charge in [0, 0.05) is 29.5 Å². The number of aliphatic hydroxyl groups is 1. The minimum Gasteiger partial charge on any atom is -0.493 e. The Morgan fingerprint density at radius 3 is 2.47 bits per heavy atom. The summed E-state index contributed by atoms with van der Waals surface area (Å²) in [5.41, 5.74) is 4.52. The molecular weight excluding hydrogens is 192 g/mol. The SMILES string of the molecule is Cc1c2c(c(CO)c3c1OCC3)OCC2. The topological polar surface area (TPSA) is 38.7 Å². The average Bonchev–Trinajstić information content (AvgIpc) is 2.85. The number of hydrogen-bond acceptors (Lipinski definition) is 3. The lowest BCUT2D eigenvalue weighted by Crippen LogP contribution is -1.98. The predicted octanol–water partition coefficient (Wildman–Crippen LogP) is 1.36. The van der Waals surface area contributed by atoms with Gasteiger partial charge in [-0.25, -0.2) is 0 Å². The molecule has 15 heavy (non-hydrogen) atoms. The Morgan fingerprint density at radius 2 is 1.73 bits per heavy atom. The van der Waals surface area contributed by atoms with Crippen LogP contribution in [0.1, 0.15) is 22.3 Å². The smallest absolute Gasteiger partial charge is 0.128 e. The predicted molar refractivity (Wildman–Crippen MR) is 55.5 cm³/mol. The lowest BCUT2D eigenvalue weighted by Gasteiger charge is -2.13. The van der Waals surface area contributed by atoms with E-state index in [1.165, 1.54) is 11.1 Å². The largest absolute Gasteiger partial charge is 0.493 e. The highest BCUT2D eigenvalue weighted by Gasteiger charge is 2.28. The van der Waals surface area contributed by atoms with Crippen molar-refractivity contribution in [3.05, 3.63) is 22.3 Å². The van der Waals surface area contributed by atoms with Crippen LogP contribution in [0.5, 0.6) is 11.5 Å². The van der Waals surface area contributed by atoms with E-state index < -0.39 is 0 Å². The van der Waals surface area contributed by atoms with Crippen LogP contribution in [-0.4, -0.2) is 18.3 Å². The van der Waals surface area contributed by atoms with Crippen molar-refractivity contribution >= 4 is 0 Å². The molecule has 2 aliphatic heterocycles. The van der Waals surface area contributed by atoms with Gasteiger partial charge >= 0.3 is 0 Å². The van der Waals surface area contributed by atoms with Crippen LogP contribution in [0.3, 0.4) is 0 Å². The lowest BCUT2D eigenvalue weighted by molar-refractivity contribution is 0.269. The van der Waals surface area contributed by atoms with Crippen LogP contribution in [-0.2, 0) is 19.4 Å². The highest BCUT2D eigenvalue weighted by molar-refractivity contribution is 5.61. The second-order valence-electron chi connectivity index (χ2n) is 4.07. The van der Waals surface area contributed by atoms with Crippen molar-refractivity contribution in [1.29, 1.82) is 0 Å². The molecule has 0 aliphatic carbocycles. The summed E-state index contributed by atoms with van der Waals surface area (Å²) in [5, 5.41) is 9.42. The van der Waals surface area contributed by atoms with Crippen molar-refractivity contribution < 1.29 is 14.6 Å². The van der Waals surface area contributed by atoms with E-state index in [9.17, 15) is 5.11 Å². The summed E-state index contributed by atoms with van der Waals surface area (Å²) < 4.78 is 11.2. The molecule has 0 saturated carbocycles. The Labute approximate surface area is 88.6 Å². The molecule has 0 atom stereocenters. The first-order chi connectivity index (χ1) is 7.33. The molecule has 3 heteroatoms. The molecule has 3 rings (SSSR count). The Balaban J connectivity index is 2.31. The molecule has 0 saturated heterocycles. The second-order valence-corrected chi connectivity index (χ2v) is 4.07. The molecule has 2 aliphatic rings. The fourth-order valence-electron chi connectivity index (χ4n) is 2.60. The summed E-state index contributed by atoms with van der Waals surface area (Å²) in [5.74, 6) is 1.91. The van der Waals surface area contributed by atoms with Crippen molar-refractivity contribution in [2.45, 2.75) is 26.4 Å². The summed E-state index contributed by atoms with van der Waals surface area (Å²) >= 11 is 0. The van der Waals surface area contributed by atoms with Gasteiger partial charge in [0.05, 0.1) is 19.8 Å². The van der Waals surface area contributed by atoms with E-state index >= 15 is 0 Å². The van der Waals surface area contributed by atoms with E-state index in [1.54, 1.807) is 0 Å². The first-order valence-electron chi connectivity index (χ1n) is 5.36. The maximum absolute atomic E-state index is 9.42. The van der Waals surface area contributed by atoms with Gasteiger partial charge in [-0.3, -0.25) is 0 Å². The summed E-state index contributed by atoms with van der Waals surface area (Å²) in [6.45, 7) is 3.59. The van der Waals surface area contributed by atoms with Gasteiger partial charge in [-0.15, -0.1) is 0 Å². The van der Waals surface area contributed by atoms with E-state index in [2.05, 4.69) is 6.92 Å². The molecule has 1 N–H and O–H groups in total. The molecule has 0 fully saturated rings. The molecule has 2 heterocycles. The number of hydrogen-bond donors (Lipinski definition) is 1. The fourth-order valence-corrected chi connectivity index (χ4v) is 2.60. The molecule has 0 aromatic heterocycles. The average molecular weight is 206 g/mol. The number of rotatable bonds is 1. The van der Waals surface area contributed by atoms with Gasteiger partial charge in [-0.05, 0) is 12.5 Å². The van der Waals surface area contributed by atoms with Crippen LogP contribution in [0.4, 0.5) is 0 Å². The molecule has 3 nitrogen and oxygen atoms in total. The van der Waals surface area contributed by atoms with E-state index in [0.717, 1.165) is 48.7 Å². The van der Waals surface area contributed by atoms with Gasteiger partial charge in [-0.1, -0.05) is 0 Å². The zero-order valence-corrected chi connectivity index (χ0v) is 8.80.